The molecule has 0 spiro atoms. The largest absolute Gasteiger partial charge is 0.383 e. The normalized spacial score (nSPS) is 29.8. The molecule has 1 aliphatic carbocycles. The van der Waals surface area contributed by atoms with E-state index in [0.29, 0.717) is 18.6 Å². The Hall–Kier alpha value is -0.350. The van der Waals surface area contributed by atoms with Crippen LogP contribution in [0.1, 0.15) is 33.1 Å². The molecule has 1 fully saturated rings. The SMILES string of the molecule is COCCNC(=S)NC1CCCC(C)C1C. The Morgan fingerprint density at radius 3 is 2.81 bits per heavy atom. The van der Waals surface area contributed by atoms with Crippen LogP contribution in [-0.4, -0.2) is 31.4 Å². The summed E-state index contributed by atoms with van der Waals surface area (Å²) in [5.41, 5.74) is 0. The molecule has 0 heterocycles. The lowest BCUT2D eigenvalue weighted by atomic mass is 9.78. The molecule has 0 aromatic carbocycles. The van der Waals surface area contributed by atoms with Gasteiger partial charge in [0.25, 0.3) is 0 Å². The second kappa shape index (κ2) is 7.07. The van der Waals surface area contributed by atoms with Crippen molar-refractivity contribution in [3.05, 3.63) is 0 Å². The Labute approximate surface area is 104 Å². The fraction of sp³-hybridized carbons (Fsp3) is 0.917. The zero-order valence-electron chi connectivity index (χ0n) is 10.6. The molecule has 0 aromatic rings. The minimum atomic E-state index is 0.534. The minimum absolute atomic E-state index is 0.534. The van der Waals surface area contributed by atoms with Crippen LogP contribution in [0.5, 0.6) is 0 Å². The number of hydrogen-bond donors (Lipinski definition) is 2. The third kappa shape index (κ3) is 4.26. The van der Waals surface area contributed by atoms with E-state index in [0.717, 1.165) is 17.6 Å². The van der Waals surface area contributed by atoms with E-state index in [1.165, 1.54) is 19.3 Å². The number of ether oxygens (including phenoxy) is 1. The molecule has 2 N–H and O–H groups in total. The molecule has 16 heavy (non-hydrogen) atoms. The lowest BCUT2D eigenvalue weighted by Crippen LogP contribution is -2.48. The van der Waals surface area contributed by atoms with E-state index >= 15 is 0 Å². The lowest BCUT2D eigenvalue weighted by molar-refractivity contribution is 0.202. The second-order valence-corrected chi connectivity index (χ2v) is 5.18. The molecular formula is C12H24N2OS. The summed E-state index contributed by atoms with van der Waals surface area (Å²) in [4.78, 5) is 0. The molecule has 0 radical (unpaired) electrons. The maximum absolute atomic E-state index is 5.26. The van der Waals surface area contributed by atoms with Crippen LogP contribution in [0.15, 0.2) is 0 Å². The highest BCUT2D eigenvalue weighted by Crippen LogP contribution is 2.29. The molecule has 94 valence electrons. The molecular weight excluding hydrogens is 220 g/mol. The average Bonchev–Trinajstić information content (AvgIpc) is 2.25. The van der Waals surface area contributed by atoms with Crippen LogP contribution in [0.4, 0.5) is 0 Å². The number of rotatable bonds is 4. The first-order valence-corrected chi connectivity index (χ1v) is 6.59. The van der Waals surface area contributed by atoms with Gasteiger partial charge in [0.15, 0.2) is 5.11 Å². The van der Waals surface area contributed by atoms with Crippen LogP contribution in [0.3, 0.4) is 0 Å². The number of hydrogen-bond acceptors (Lipinski definition) is 2. The summed E-state index contributed by atoms with van der Waals surface area (Å²) in [5, 5.41) is 7.35. The predicted molar refractivity (Wildman–Crippen MR) is 71.6 cm³/mol. The van der Waals surface area contributed by atoms with Crippen molar-refractivity contribution in [2.24, 2.45) is 11.8 Å². The molecule has 1 rings (SSSR count). The van der Waals surface area contributed by atoms with Gasteiger partial charge < -0.3 is 15.4 Å². The first-order valence-electron chi connectivity index (χ1n) is 6.18. The summed E-state index contributed by atoms with van der Waals surface area (Å²) >= 11 is 5.26. The van der Waals surface area contributed by atoms with Crippen molar-refractivity contribution in [1.29, 1.82) is 0 Å². The van der Waals surface area contributed by atoms with Gasteiger partial charge in [0, 0.05) is 19.7 Å². The van der Waals surface area contributed by atoms with Gasteiger partial charge in [0.2, 0.25) is 0 Å². The summed E-state index contributed by atoms with van der Waals surface area (Å²) in [5.74, 6) is 1.50. The molecule has 3 atom stereocenters. The molecule has 4 heteroatoms. The zero-order chi connectivity index (χ0) is 12.0. The van der Waals surface area contributed by atoms with Crippen LogP contribution < -0.4 is 10.6 Å². The van der Waals surface area contributed by atoms with Crippen molar-refractivity contribution in [1.82, 2.24) is 10.6 Å². The summed E-state index contributed by atoms with van der Waals surface area (Å²) < 4.78 is 4.97. The summed E-state index contributed by atoms with van der Waals surface area (Å²) in [7, 11) is 1.70. The monoisotopic (exact) mass is 244 g/mol. The fourth-order valence-corrected chi connectivity index (χ4v) is 2.53. The summed E-state index contributed by atoms with van der Waals surface area (Å²) in [6, 6.07) is 0.534. The van der Waals surface area contributed by atoms with Gasteiger partial charge in [-0.2, -0.15) is 0 Å². The van der Waals surface area contributed by atoms with Gasteiger partial charge in [0.05, 0.1) is 6.61 Å². The maximum atomic E-state index is 5.26. The van der Waals surface area contributed by atoms with E-state index in [9.17, 15) is 0 Å². The summed E-state index contributed by atoms with van der Waals surface area (Å²) in [6.45, 7) is 6.12. The standard InChI is InChI=1S/C12H24N2OS/c1-9-5-4-6-11(10(9)2)14-12(16)13-7-8-15-3/h9-11H,4-8H2,1-3H3,(H2,13,14,16). The van der Waals surface area contributed by atoms with Crippen molar-refractivity contribution in [3.63, 3.8) is 0 Å². The number of nitrogens with one attached hydrogen (secondary N) is 2. The van der Waals surface area contributed by atoms with E-state index in [4.69, 9.17) is 17.0 Å². The highest BCUT2D eigenvalue weighted by Gasteiger charge is 2.27. The molecule has 1 aliphatic rings. The van der Waals surface area contributed by atoms with Gasteiger partial charge in [-0.05, 0) is 30.5 Å². The Balaban J connectivity index is 2.26. The Bertz CT molecular complexity index is 223. The van der Waals surface area contributed by atoms with Crippen molar-refractivity contribution in [2.75, 3.05) is 20.3 Å². The van der Waals surface area contributed by atoms with E-state index in [-0.39, 0.29) is 0 Å². The van der Waals surface area contributed by atoms with Gasteiger partial charge in [-0.25, -0.2) is 0 Å². The first-order chi connectivity index (χ1) is 7.65. The number of thiocarbonyl (C=S) groups is 1. The Morgan fingerprint density at radius 1 is 1.38 bits per heavy atom. The van der Waals surface area contributed by atoms with Crippen molar-refractivity contribution in [2.45, 2.75) is 39.2 Å². The lowest BCUT2D eigenvalue weighted by Gasteiger charge is -2.35. The van der Waals surface area contributed by atoms with Crippen molar-refractivity contribution >= 4 is 17.3 Å². The number of methoxy groups -OCH3 is 1. The van der Waals surface area contributed by atoms with Gasteiger partial charge in [-0.3, -0.25) is 0 Å². The molecule has 3 nitrogen and oxygen atoms in total. The van der Waals surface area contributed by atoms with E-state index in [1.807, 2.05) is 0 Å². The topological polar surface area (TPSA) is 33.3 Å². The van der Waals surface area contributed by atoms with Crippen LogP contribution in [0.2, 0.25) is 0 Å². The van der Waals surface area contributed by atoms with Gasteiger partial charge in [0.1, 0.15) is 0 Å². The Morgan fingerprint density at radius 2 is 2.12 bits per heavy atom. The molecule has 0 amide bonds. The quantitative estimate of drug-likeness (QED) is 0.585. The smallest absolute Gasteiger partial charge is 0.166 e. The molecule has 0 aliphatic heterocycles. The van der Waals surface area contributed by atoms with Gasteiger partial charge in [-0.15, -0.1) is 0 Å². The van der Waals surface area contributed by atoms with Gasteiger partial charge >= 0.3 is 0 Å². The zero-order valence-corrected chi connectivity index (χ0v) is 11.4. The molecule has 0 saturated heterocycles. The third-order valence-corrected chi connectivity index (χ3v) is 3.88. The third-order valence-electron chi connectivity index (χ3n) is 3.62. The Kier molecular flexibility index (Phi) is 6.06. The molecule has 0 bridgehead atoms. The molecule has 0 aromatic heterocycles. The van der Waals surface area contributed by atoms with Crippen LogP contribution in [0, 0.1) is 11.8 Å². The van der Waals surface area contributed by atoms with Crippen LogP contribution in [0.25, 0.3) is 0 Å². The molecule has 1 saturated carbocycles. The highest BCUT2D eigenvalue weighted by molar-refractivity contribution is 7.80. The van der Waals surface area contributed by atoms with E-state index < -0.39 is 0 Å². The van der Waals surface area contributed by atoms with E-state index in [2.05, 4.69) is 24.5 Å². The van der Waals surface area contributed by atoms with Gasteiger partial charge in [-0.1, -0.05) is 26.7 Å². The van der Waals surface area contributed by atoms with E-state index in [1.54, 1.807) is 7.11 Å². The highest BCUT2D eigenvalue weighted by atomic mass is 32.1. The predicted octanol–water partition coefficient (Wildman–Crippen LogP) is 1.92. The van der Waals surface area contributed by atoms with Crippen LogP contribution >= 0.6 is 12.2 Å². The van der Waals surface area contributed by atoms with Crippen molar-refractivity contribution in [3.8, 4) is 0 Å². The molecule has 3 unspecified atom stereocenters. The van der Waals surface area contributed by atoms with Crippen molar-refractivity contribution < 1.29 is 4.74 Å². The summed E-state index contributed by atoms with van der Waals surface area (Å²) in [6.07, 6.45) is 3.89. The second-order valence-electron chi connectivity index (χ2n) is 4.77. The fourth-order valence-electron chi connectivity index (χ4n) is 2.27. The average molecular weight is 244 g/mol. The maximum Gasteiger partial charge on any atom is 0.166 e. The first kappa shape index (κ1) is 13.7. The minimum Gasteiger partial charge on any atom is -0.383 e. The van der Waals surface area contributed by atoms with Crippen LogP contribution in [-0.2, 0) is 4.74 Å².